The number of carbonyl (C=O) groups is 1. The van der Waals surface area contributed by atoms with Crippen LogP contribution in [0, 0.1) is 5.92 Å². The Bertz CT molecular complexity index is 1040. The van der Waals surface area contributed by atoms with Gasteiger partial charge in [0.1, 0.15) is 5.52 Å². The number of hydrogen-bond acceptors (Lipinski definition) is 3. The molecule has 2 fully saturated rings. The van der Waals surface area contributed by atoms with E-state index in [0.29, 0.717) is 31.5 Å². The summed E-state index contributed by atoms with van der Waals surface area (Å²) < 4.78 is 7.88. The smallest absolute Gasteiger partial charge is 0.257 e. The van der Waals surface area contributed by atoms with Gasteiger partial charge in [0, 0.05) is 32.0 Å². The van der Waals surface area contributed by atoms with Crippen molar-refractivity contribution in [1.82, 2.24) is 14.5 Å². The molecule has 5 nitrogen and oxygen atoms in total. The summed E-state index contributed by atoms with van der Waals surface area (Å²) in [5.41, 5.74) is 4.09. The predicted octanol–water partition coefficient (Wildman–Crippen LogP) is 4.87. The highest BCUT2D eigenvalue weighted by Crippen LogP contribution is 2.37. The first kappa shape index (κ1) is 20.3. The van der Waals surface area contributed by atoms with E-state index < -0.39 is 0 Å². The summed E-state index contributed by atoms with van der Waals surface area (Å²) in [6.45, 7) is 4.86. The van der Waals surface area contributed by atoms with E-state index in [2.05, 4.69) is 45.9 Å². The van der Waals surface area contributed by atoms with E-state index >= 15 is 0 Å². The number of rotatable bonds is 4. The zero-order chi connectivity index (χ0) is 21.2. The number of benzene rings is 1. The molecule has 31 heavy (non-hydrogen) atoms. The van der Waals surface area contributed by atoms with Crippen molar-refractivity contribution in [2.24, 2.45) is 5.92 Å². The van der Waals surface area contributed by atoms with E-state index in [-0.39, 0.29) is 12.0 Å². The van der Waals surface area contributed by atoms with Crippen LogP contribution in [-0.4, -0.2) is 46.2 Å². The molecule has 3 heterocycles. The van der Waals surface area contributed by atoms with Gasteiger partial charge in [-0.1, -0.05) is 30.3 Å². The molecule has 1 aliphatic heterocycles. The number of morpholine rings is 1. The van der Waals surface area contributed by atoms with Crippen molar-refractivity contribution in [1.29, 1.82) is 0 Å². The number of carbonyl (C=O) groups excluding carboxylic acids is 1. The normalized spacial score (nSPS) is 24.4. The van der Waals surface area contributed by atoms with Gasteiger partial charge in [0.05, 0.1) is 23.8 Å². The third kappa shape index (κ3) is 4.24. The lowest BCUT2D eigenvalue weighted by atomic mass is 9.78. The Morgan fingerprint density at radius 3 is 2.68 bits per heavy atom. The van der Waals surface area contributed by atoms with Gasteiger partial charge in [-0.2, -0.15) is 0 Å². The average Bonchev–Trinajstić information content (AvgIpc) is 3.18. The fraction of sp³-hybridized carbons (Fsp3) is 0.462. The van der Waals surface area contributed by atoms with Crippen molar-refractivity contribution in [3.8, 4) is 0 Å². The maximum absolute atomic E-state index is 13.3. The summed E-state index contributed by atoms with van der Waals surface area (Å²) in [6, 6.07) is 15.0. The second-order valence-corrected chi connectivity index (χ2v) is 9.13. The molecule has 3 aromatic rings. The van der Waals surface area contributed by atoms with Crippen LogP contribution in [-0.2, 0) is 11.3 Å². The quantitative estimate of drug-likeness (QED) is 0.608. The monoisotopic (exact) mass is 417 g/mol. The molecule has 5 heteroatoms. The van der Waals surface area contributed by atoms with E-state index in [1.165, 1.54) is 31.2 Å². The molecule has 1 aliphatic carbocycles. The lowest BCUT2D eigenvalue weighted by Gasteiger charge is -2.31. The fourth-order valence-corrected chi connectivity index (χ4v) is 5.29. The number of fused-ring (bicyclic) bond motifs is 1. The van der Waals surface area contributed by atoms with Crippen molar-refractivity contribution in [2.45, 2.75) is 51.2 Å². The second-order valence-electron chi connectivity index (χ2n) is 9.13. The summed E-state index contributed by atoms with van der Waals surface area (Å²) in [4.78, 5) is 19.8. The molecule has 1 unspecified atom stereocenters. The topological polar surface area (TPSA) is 47.4 Å². The zero-order valence-corrected chi connectivity index (χ0v) is 18.2. The Balaban J connectivity index is 1.32. The number of pyridine rings is 1. The summed E-state index contributed by atoms with van der Waals surface area (Å²) in [5.74, 6) is 1.40. The van der Waals surface area contributed by atoms with Crippen molar-refractivity contribution in [2.75, 3.05) is 19.7 Å². The Labute approximate surface area is 184 Å². The van der Waals surface area contributed by atoms with Crippen molar-refractivity contribution < 1.29 is 9.53 Å². The zero-order valence-electron chi connectivity index (χ0n) is 18.2. The van der Waals surface area contributed by atoms with Gasteiger partial charge >= 0.3 is 0 Å². The lowest BCUT2D eigenvalue weighted by molar-refractivity contribution is -0.0123. The summed E-state index contributed by atoms with van der Waals surface area (Å²) >= 11 is 0. The highest BCUT2D eigenvalue weighted by atomic mass is 16.5. The SMILES string of the molecule is CC1CN(C(=O)c2cn(CC3CCC(c4ccccc4)CC3)c3cccnc23)CCO1. The largest absolute Gasteiger partial charge is 0.375 e. The molecule has 0 radical (unpaired) electrons. The summed E-state index contributed by atoms with van der Waals surface area (Å²) in [7, 11) is 0. The molecule has 0 N–H and O–H groups in total. The van der Waals surface area contributed by atoms with Crippen LogP contribution in [0.5, 0.6) is 0 Å². The van der Waals surface area contributed by atoms with Crippen molar-refractivity contribution in [3.63, 3.8) is 0 Å². The molecule has 1 atom stereocenters. The van der Waals surface area contributed by atoms with Crippen LogP contribution >= 0.6 is 0 Å². The Kier molecular flexibility index (Phi) is 5.77. The maximum Gasteiger partial charge on any atom is 0.257 e. The molecule has 0 bridgehead atoms. The fourth-order valence-electron chi connectivity index (χ4n) is 5.29. The third-order valence-corrected chi connectivity index (χ3v) is 6.97. The second kappa shape index (κ2) is 8.83. The molecule has 2 aromatic heterocycles. The van der Waals surface area contributed by atoms with Gasteiger partial charge in [0.25, 0.3) is 5.91 Å². The van der Waals surface area contributed by atoms with Crippen LogP contribution < -0.4 is 0 Å². The van der Waals surface area contributed by atoms with Crippen LogP contribution in [0.2, 0.25) is 0 Å². The molecular weight excluding hydrogens is 386 g/mol. The molecule has 1 amide bonds. The standard InChI is InChI=1S/C26H31N3O2/c1-19-16-28(14-15-31-19)26(30)23-18-29(24-8-5-13-27-25(23)24)17-20-9-11-22(12-10-20)21-6-3-2-4-7-21/h2-8,13,18-20,22H,9-12,14-17H2,1H3. The van der Waals surface area contributed by atoms with Crippen LogP contribution in [0.25, 0.3) is 11.0 Å². The summed E-state index contributed by atoms with van der Waals surface area (Å²) in [6.07, 6.45) is 8.85. The molecule has 2 aliphatic rings. The van der Waals surface area contributed by atoms with E-state index in [4.69, 9.17) is 4.74 Å². The van der Waals surface area contributed by atoms with Gasteiger partial charge in [0.2, 0.25) is 0 Å². The van der Waals surface area contributed by atoms with Crippen LogP contribution in [0.3, 0.4) is 0 Å². The summed E-state index contributed by atoms with van der Waals surface area (Å²) in [5, 5.41) is 0. The van der Waals surface area contributed by atoms with Crippen molar-refractivity contribution >= 4 is 16.9 Å². The minimum Gasteiger partial charge on any atom is -0.375 e. The molecule has 1 aromatic carbocycles. The van der Waals surface area contributed by atoms with E-state index in [0.717, 1.165) is 23.1 Å². The number of aromatic nitrogens is 2. The molecular formula is C26H31N3O2. The van der Waals surface area contributed by atoms with E-state index in [1.54, 1.807) is 6.20 Å². The minimum absolute atomic E-state index is 0.0744. The van der Waals surface area contributed by atoms with Crippen LogP contribution in [0.15, 0.2) is 54.9 Å². The molecule has 1 saturated heterocycles. The third-order valence-electron chi connectivity index (χ3n) is 6.97. The van der Waals surface area contributed by atoms with Gasteiger partial charge in [-0.05, 0) is 62.1 Å². The number of nitrogens with zero attached hydrogens (tertiary/aromatic N) is 3. The number of hydrogen-bond donors (Lipinski definition) is 0. The first-order chi connectivity index (χ1) is 15.2. The predicted molar refractivity (Wildman–Crippen MR) is 122 cm³/mol. The highest BCUT2D eigenvalue weighted by Gasteiger charge is 2.27. The number of amides is 1. The van der Waals surface area contributed by atoms with Crippen LogP contribution in [0.4, 0.5) is 0 Å². The minimum atomic E-state index is 0.0744. The maximum atomic E-state index is 13.3. The number of ether oxygens (including phenoxy) is 1. The first-order valence-electron chi connectivity index (χ1n) is 11.6. The Morgan fingerprint density at radius 2 is 1.90 bits per heavy atom. The molecule has 5 rings (SSSR count). The van der Waals surface area contributed by atoms with Crippen LogP contribution in [0.1, 0.15) is 54.4 Å². The van der Waals surface area contributed by atoms with Gasteiger partial charge in [-0.15, -0.1) is 0 Å². The lowest BCUT2D eigenvalue weighted by Crippen LogP contribution is -2.44. The van der Waals surface area contributed by atoms with Gasteiger partial charge in [-0.25, -0.2) is 0 Å². The van der Waals surface area contributed by atoms with Gasteiger partial charge in [0.15, 0.2) is 0 Å². The molecule has 0 spiro atoms. The molecule has 1 saturated carbocycles. The average molecular weight is 418 g/mol. The van der Waals surface area contributed by atoms with Gasteiger partial charge < -0.3 is 14.2 Å². The first-order valence-corrected chi connectivity index (χ1v) is 11.6. The Hall–Kier alpha value is -2.66. The molecule has 162 valence electrons. The van der Waals surface area contributed by atoms with E-state index in [1.807, 2.05) is 24.1 Å². The highest BCUT2D eigenvalue weighted by molar-refractivity contribution is 6.05. The van der Waals surface area contributed by atoms with E-state index in [9.17, 15) is 4.79 Å². The van der Waals surface area contributed by atoms with Crippen molar-refractivity contribution in [3.05, 3.63) is 66.0 Å². The van der Waals surface area contributed by atoms with Gasteiger partial charge in [-0.3, -0.25) is 9.78 Å². The Morgan fingerprint density at radius 1 is 1.10 bits per heavy atom.